The van der Waals surface area contributed by atoms with Crippen LogP contribution < -0.4 is 0 Å². The van der Waals surface area contributed by atoms with Crippen molar-refractivity contribution >= 4 is 11.8 Å². The van der Waals surface area contributed by atoms with Crippen LogP contribution in [-0.4, -0.2) is 34.7 Å². The minimum Gasteiger partial charge on any atom is -0.462 e. The average Bonchev–Trinajstić information content (AvgIpc) is 2.94. The summed E-state index contributed by atoms with van der Waals surface area (Å²) in [6.07, 6.45) is 3.96. The molecule has 27 heavy (non-hydrogen) atoms. The number of halogens is 1. The highest BCUT2D eigenvalue weighted by molar-refractivity contribution is 5.81. The van der Waals surface area contributed by atoms with E-state index in [0.29, 0.717) is 31.6 Å². The average molecular weight is 381 g/mol. The topological polar surface area (TPSA) is 63.6 Å². The van der Waals surface area contributed by atoms with Crippen molar-refractivity contribution in [1.29, 1.82) is 0 Å². The summed E-state index contributed by atoms with van der Waals surface area (Å²) in [7, 11) is 0. The zero-order valence-electron chi connectivity index (χ0n) is 16.8. The fourth-order valence-corrected chi connectivity index (χ4v) is 7.41. The summed E-state index contributed by atoms with van der Waals surface area (Å²) < 4.78 is 21.1. The highest BCUT2D eigenvalue weighted by Crippen LogP contribution is 2.67. The lowest BCUT2D eigenvalue weighted by Crippen LogP contribution is -2.67. The Morgan fingerprint density at radius 3 is 2.67 bits per heavy atom. The lowest BCUT2D eigenvalue weighted by Gasteiger charge is -2.63. The molecule has 8 atom stereocenters. The van der Waals surface area contributed by atoms with Crippen LogP contribution in [0.25, 0.3) is 0 Å². The number of aliphatic hydroxyl groups is 1. The number of ketones is 1. The predicted octanol–water partition coefficient (Wildman–Crippen LogP) is 3.98. The highest BCUT2D eigenvalue weighted by atomic mass is 19.1. The van der Waals surface area contributed by atoms with Crippen LogP contribution in [0.15, 0.2) is 0 Å². The van der Waals surface area contributed by atoms with Crippen LogP contribution >= 0.6 is 0 Å². The number of alkyl halides is 1. The van der Waals surface area contributed by atoms with E-state index in [-0.39, 0.29) is 41.5 Å². The van der Waals surface area contributed by atoms with E-state index in [2.05, 4.69) is 6.92 Å². The Bertz CT molecular complexity index is 650. The third-order valence-corrected chi connectivity index (χ3v) is 9.11. The van der Waals surface area contributed by atoms with Gasteiger partial charge < -0.3 is 9.84 Å². The number of rotatable bonds is 2. The van der Waals surface area contributed by atoms with Crippen molar-refractivity contribution in [3.63, 3.8) is 0 Å². The molecule has 0 radical (unpaired) electrons. The molecular formula is C22H33FO4. The van der Waals surface area contributed by atoms with Crippen LogP contribution in [0.4, 0.5) is 4.39 Å². The lowest BCUT2D eigenvalue weighted by molar-refractivity contribution is -0.234. The molecule has 0 aromatic heterocycles. The molecule has 1 N–H and O–H groups in total. The first-order valence-electron chi connectivity index (χ1n) is 10.7. The molecule has 0 aromatic rings. The maximum absolute atomic E-state index is 15.3. The van der Waals surface area contributed by atoms with Crippen LogP contribution in [0.2, 0.25) is 0 Å². The number of ether oxygens (including phenoxy) is 1. The number of esters is 1. The molecule has 4 aliphatic carbocycles. The summed E-state index contributed by atoms with van der Waals surface area (Å²) in [6.45, 7) is 6.05. The van der Waals surface area contributed by atoms with Crippen LogP contribution in [0.1, 0.15) is 78.6 Å². The Hall–Kier alpha value is -0.970. The molecule has 0 bridgehead atoms. The maximum Gasteiger partial charge on any atom is 0.305 e. The smallest absolute Gasteiger partial charge is 0.305 e. The second-order valence-corrected chi connectivity index (χ2v) is 10.1. The van der Waals surface area contributed by atoms with Gasteiger partial charge in [-0.2, -0.15) is 0 Å². The summed E-state index contributed by atoms with van der Waals surface area (Å²) >= 11 is 0. The summed E-state index contributed by atoms with van der Waals surface area (Å²) in [5.41, 5.74) is -2.14. The maximum atomic E-state index is 15.3. The fourth-order valence-electron chi connectivity index (χ4n) is 7.41. The first-order valence-corrected chi connectivity index (χ1v) is 10.7. The van der Waals surface area contributed by atoms with Crippen molar-refractivity contribution in [2.75, 3.05) is 0 Å². The summed E-state index contributed by atoms with van der Waals surface area (Å²) in [4.78, 5) is 23.9. The monoisotopic (exact) mass is 380 g/mol. The highest BCUT2D eigenvalue weighted by Gasteiger charge is 2.68. The molecule has 0 saturated heterocycles. The summed E-state index contributed by atoms with van der Waals surface area (Å²) in [5.74, 6) is 0.597. The van der Waals surface area contributed by atoms with Crippen molar-refractivity contribution in [3.05, 3.63) is 0 Å². The second-order valence-electron chi connectivity index (χ2n) is 10.1. The van der Waals surface area contributed by atoms with E-state index in [4.69, 9.17) is 4.74 Å². The van der Waals surface area contributed by atoms with Crippen molar-refractivity contribution in [2.24, 2.45) is 28.6 Å². The number of hydrogen-bond donors (Lipinski definition) is 1. The number of carbonyl (C=O) groups excluding carboxylic acids is 2. The van der Waals surface area contributed by atoms with Gasteiger partial charge in [0.2, 0.25) is 0 Å². The molecule has 5 heteroatoms. The Balaban J connectivity index is 1.63. The SMILES string of the molecule is CCC(=O)O[C@H]1CC[C@H]2[C@@H]3C[C@@H](F)[C@@]4(O)CC(=O)CC[C@]4(C)[C@H]3CC[C@]12C. The van der Waals surface area contributed by atoms with Crippen molar-refractivity contribution < 1.29 is 23.8 Å². The number of hydrogen-bond acceptors (Lipinski definition) is 4. The molecule has 4 rings (SSSR count). The van der Waals surface area contributed by atoms with Gasteiger partial charge in [0.1, 0.15) is 23.7 Å². The molecule has 0 spiro atoms. The Kier molecular flexibility index (Phi) is 4.49. The zero-order valence-corrected chi connectivity index (χ0v) is 16.8. The van der Waals surface area contributed by atoms with Gasteiger partial charge in [-0.25, -0.2) is 4.39 Å². The quantitative estimate of drug-likeness (QED) is 0.736. The van der Waals surface area contributed by atoms with E-state index in [9.17, 15) is 14.7 Å². The van der Waals surface area contributed by atoms with Crippen LogP contribution in [0, 0.1) is 28.6 Å². The van der Waals surface area contributed by atoms with E-state index in [0.717, 1.165) is 25.7 Å². The molecule has 152 valence electrons. The number of carbonyl (C=O) groups is 2. The molecule has 0 heterocycles. The molecule has 0 aromatic carbocycles. The van der Waals surface area contributed by atoms with Crippen LogP contribution in [0.5, 0.6) is 0 Å². The number of Topliss-reactive ketones (excluding diaryl/α,β-unsaturated/α-hetero) is 1. The van der Waals surface area contributed by atoms with Gasteiger partial charge in [-0.3, -0.25) is 9.59 Å². The zero-order chi connectivity index (χ0) is 19.6. The van der Waals surface area contributed by atoms with Gasteiger partial charge in [-0.15, -0.1) is 0 Å². The summed E-state index contributed by atoms with van der Waals surface area (Å²) in [5, 5.41) is 11.3. The minimum atomic E-state index is -1.51. The van der Waals surface area contributed by atoms with Gasteiger partial charge >= 0.3 is 5.97 Å². The Labute approximate surface area is 161 Å². The van der Waals surface area contributed by atoms with E-state index < -0.39 is 17.2 Å². The fraction of sp³-hybridized carbons (Fsp3) is 0.909. The van der Waals surface area contributed by atoms with Gasteiger partial charge in [-0.05, 0) is 56.3 Å². The number of fused-ring (bicyclic) bond motifs is 5. The first kappa shape index (κ1) is 19.4. The van der Waals surface area contributed by atoms with Crippen molar-refractivity contribution in [1.82, 2.24) is 0 Å². The second kappa shape index (κ2) is 6.27. The van der Waals surface area contributed by atoms with Crippen molar-refractivity contribution in [3.8, 4) is 0 Å². The van der Waals surface area contributed by atoms with Gasteiger partial charge in [-0.1, -0.05) is 20.8 Å². The molecule has 0 aliphatic heterocycles. The Morgan fingerprint density at radius 2 is 1.96 bits per heavy atom. The normalized spacial score (nSPS) is 51.9. The van der Waals surface area contributed by atoms with E-state index >= 15 is 4.39 Å². The molecule has 4 saturated carbocycles. The molecule has 4 aliphatic rings. The minimum absolute atomic E-state index is 0.0101. The summed E-state index contributed by atoms with van der Waals surface area (Å²) in [6, 6.07) is 0. The van der Waals surface area contributed by atoms with Crippen LogP contribution in [0.3, 0.4) is 0 Å². The van der Waals surface area contributed by atoms with Gasteiger partial charge in [0.25, 0.3) is 0 Å². The third-order valence-electron chi connectivity index (χ3n) is 9.11. The Morgan fingerprint density at radius 1 is 1.22 bits per heavy atom. The van der Waals surface area contributed by atoms with Crippen molar-refractivity contribution in [2.45, 2.75) is 96.4 Å². The molecular weight excluding hydrogens is 347 g/mol. The molecule has 4 nitrogen and oxygen atoms in total. The van der Waals surface area contributed by atoms with Gasteiger partial charge in [0.05, 0.1) is 0 Å². The predicted molar refractivity (Wildman–Crippen MR) is 98.6 cm³/mol. The largest absolute Gasteiger partial charge is 0.462 e. The van der Waals surface area contributed by atoms with Gasteiger partial charge in [0.15, 0.2) is 0 Å². The molecule has 4 fully saturated rings. The van der Waals surface area contributed by atoms with E-state index in [1.54, 1.807) is 0 Å². The first-order chi connectivity index (χ1) is 12.7. The van der Waals surface area contributed by atoms with Crippen LogP contribution in [-0.2, 0) is 14.3 Å². The van der Waals surface area contributed by atoms with E-state index in [1.165, 1.54) is 0 Å². The standard InChI is InChI=1S/C22H33FO4/c1-4-19(25)27-18-6-5-15-14-11-17(23)22(26)12-13(24)7-10-21(22,3)16(14)8-9-20(15,18)2/h14-18,26H,4-12H2,1-3H3/t14-,15-,16-,17+,18-,20-,21+,22-/m0/s1. The third kappa shape index (κ3) is 2.56. The molecule has 0 amide bonds. The van der Waals surface area contributed by atoms with Gasteiger partial charge in [0, 0.05) is 30.1 Å². The van der Waals surface area contributed by atoms with E-state index in [1.807, 2.05) is 13.8 Å². The lowest BCUT2D eigenvalue weighted by atomic mass is 9.43. The molecule has 0 unspecified atom stereocenters.